The van der Waals surface area contributed by atoms with Gasteiger partial charge in [0.15, 0.2) is 21.3 Å². The minimum absolute atomic E-state index is 0.0856. The third-order valence-electron chi connectivity index (χ3n) is 7.19. The number of pyridine rings is 1. The Hall–Kier alpha value is -4.07. The highest BCUT2D eigenvalue weighted by atomic mass is 32.1. The van der Waals surface area contributed by atoms with E-state index in [1.54, 1.807) is 25.4 Å². The van der Waals surface area contributed by atoms with Crippen molar-refractivity contribution >= 4 is 24.4 Å². The van der Waals surface area contributed by atoms with E-state index in [-0.39, 0.29) is 26.7 Å². The van der Waals surface area contributed by atoms with Gasteiger partial charge in [-0.2, -0.15) is 0 Å². The lowest BCUT2D eigenvalue weighted by atomic mass is 9.85. The molecule has 1 aromatic carbocycles. The molecule has 3 aromatic heterocycles. The van der Waals surface area contributed by atoms with Crippen LogP contribution in [0, 0.1) is 9.54 Å². The van der Waals surface area contributed by atoms with Crippen molar-refractivity contribution in [2.24, 2.45) is 0 Å². The van der Waals surface area contributed by atoms with Crippen LogP contribution in [0.3, 0.4) is 0 Å². The second kappa shape index (κ2) is 11.6. The molecule has 4 heterocycles. The highest BCUT2D eigenvalue weighted by Crippen LogP contribution is 2.38. The van der Waals surface area contributed by atoms with Crippen LogP contribution in [0.25, 0.3) is 0 Å². The summed E-state index contributed by atoms with van der Waals surface area (Å²) in [4.78, 5) is 42.8. The van der Waals surface area contributed by atoms with Crippen molar-refractivity contribution < 1.29 is 14.9 Å². The van der Waals surface area contributed by atoms with Crippen molar-refractivity contribution in [3.8, 4) is 17.5 Å². The molecule has 6 N–H and O–H groups in total. The van der Waals surface area contributed by atoms with Crippen molar-refractivity contribution in [2.75, 3.05) is 13.7 Å². The molecule has 0 bridgehead atoms. The number of rotatable bonds is 7. The van der Waals surface area contributed by atoms with Gasteiger partial charge in [0.05, 0.1) is 24.2 Å². The highest BCUT2D eigenvalue weighted by molar-refractivity contribution is 7.71. The third kappa shape index (κ3) is 5.48. The maximum Gasteiger partial charge on any atom is 0.259 e. The molecule has 0 aliphatic carbocycles. The fraction of sp³-hybridized carbons (Fsp3) is 0.296. The monoisotopic (exact) mass is 580 g/mol. The van der Waals surface area contributed by atoms with Crippen LogP contribution < -0.4 is 15.9 Å². The highest BCUT2D eigenvalue weighted by Gasteiger charge is 2.31. The Kier molecular flexibility index (Phi) is 7.96. The van der Waals surface area contributed by atoms with E-state index in [9.17, 15) is 19.8 Å². The Morgan fingerprint density at radius 3 is 2.27 bits per heavy atom. The van der Waals surface area contributed by atoms with E-state index in [1.165, 1.54) is 0 Å². The molecule has 0 amide bonds. The summed E-state index contributed by atoms with van der Waals surface area (Å²) in [6.45, 7) is 1.38. The summed E-state index contributed by atoms with van der Waals surface area (Å²) in [5.41, 5.74) is 0.588. The lowest BCUT2D eigenvalue weighted by molar-refractivity contribution is 0.139. The van der Waals surface area contributed by atoms with Gasteiger partial charge in [-0.25, -0.2) is 0 Å². The van der Waals surface area contributed by atoms with Crippen molar-refractivity contribution in [3.63, 3.8) is 0 Å². The van der Waals surface area contributed by atoms with Crippen molar-refractivity contribution in [1.29, 1.82) is 0 Å². The van der Waals surface area contributed by atoms with E-state index >= 15 is 0 Å². The van der Waals surface area contributed by atoms with Crippen LogP contribution in [0.4, 0.5) is 0 Å². The number of aromatic nitrogens is 5. The molecule has 1 atom stereocenters. The maximum absolute atomic E-state index is 13.1. The SMILES string of the molecule is COc1ccc(C(c2c(O)[nH]c(=S)[nH]c2=O)c2c(O)[nH]c(=S)[nH]c2=O)cc1CN1CCCC[C@H]1c1cccnc1. The lowest BCUT2D eigenvalue weighted by Gasteiger charge is -2.36. The van der Waals surface area contributed by atoms with E-state index in [0.717, 1.165) is 36.9 Å². The van der Waals surface area contributed by atoms with Gasteiger partial charge in [-0.05, 0) is 73.1 Å². The number of methoxy groups -OCH3 is 1. The van der Waals surface area contributed by atoms with Gasteiger partial charge < -0.3 is 24.9 Å². The largest absolute Gasteiger partial charge is 0.496 e. The molecule has 1 fully saturated rings. The number of piperidine rings is 1. The Morgan fingerprint density at radius 2 is 1.70 bits per heavy atom. The first-order valence-electron chi connectivity index (χ1n) is 12.7. The number of aromatic hydroxyl groups is 2. The summed E-state index contributed by atoms with van der Waals surface area (Å²) in [5, 5.41) is 21.6. The quantitative estimate of drug-likeness (QED) is 0.178. The van der Waals surface area contributed by atoms with E-state index in [0.29, 0.717) is 17.9 Å². The molecule has 1 saturated heterocycles. The van der Waals surface area contributed by atoms with Gasteiger partial charge in [0.25, 0.3) is 11.1 Å². The molecule has 1 aliphatic heterocycles. The summed E-state index contributed by atoms with van der Waals surface area (Å²) in [5.74, 6) is -1.62. The molecular weight excluding hydrogens is 552 g/mol. The molecule has 13 heteroatoms. The fourth-order valence-electron chi connectivity index (χ4n) is 5.43. The number of hydrogen-bond donors (Lipinski definition) is 6. The zero-order valence-corrected chi connectivity index (χ0v) is 23.2. The van der Waals surface area contributed by atoms with Gasteiger partial charge in [0.1, 0.15) is 5.75 Å². The summed E-state index contributed by atoms with van der Waals surface area (Å²) in [6.07, 6.45) is 6.76. The van der Waals surface area contributed by atoms with Crippen LogP contribution in [-0.4, -0.2) is 53.7 Å². The summed E-state index contributed by atoms with van der Waals surface area (Å²) in [7, 11) is 1.58. The molecule has 4 aromatic rings. The Balaban J connectivity index is 1.66. The summed E-state index contributed by atoms with van der Waals surface area (Å²) >= 11 is 9.99. The first kappa shape index (κ1) is 27.5. The molecule has 0 unspecified atom stereocenters. The maximum atomic E-state index is 13.1. The summed E-state index contributed by atoms with van der Waals surface area (Å²) < 4.78 is 5.52. The molecule has 0 saturated carbocycles. The van der Waals surface area contributed by atoms with Gasteiger partial charge in [-0.3, -0.25) is 29.4 Å². The average molecular weight is 581 g/mol. The van der Waals surface area contributed by atoms with E-state index in [1.807, 2.05) is 18.3 Å². The van der Waals surface area contributed by atoms with E-state index in [2.05, 4.69) is 35.9 Å². The number of benzene rings is 1. The van der Waals surface area contributed by atoms with Crippen LogP contribution in [0.5, 0.6) is 17.5 Å². The van der Waals surface area contributed by atoms with Crippen molar-refractivity contribution in [1.82, 2.24) is 29.8 Å². The second-order valence-electron chi connectivity index (χ2n) is 9.61. The number of aromatic amines is 4. The topological polar surface area (TPSA) is 163 Å². The molecule has 40 heavy (non-hydrogen) atoms. The number of nitrogens with zero attached hydrogens (tertiary/aromatic N) is 2. The Labute approximate surface area is 238 Å². The fourth-order valence-corrected chi connectivity index (χ4v) is 5.81. The van der Waals surface area contributed by atoms with Gasteiger partial charge in [-0.1, -0.05) is 18.6 Å². The summed E-state index contributed by atoms with van der Waals surface area (Å²) in [6, 6.07) is 9.41. The Bertz CT molecular complexity index is 1690. The van der Waals surface area contributed by atoms with Gasteiger partial charge in [0.2, 0.25) is 0 Å². The zero-order valence-electron chi connectivity index (χ0n) is 21.6. The first-order chi connectivity index (χ1) is 19.3. The van der Waals surface area contributed by atoms with Crippen molar-refractivity contribution in [3.05, 3.63) is 101 Å². The number of hydrogen-bond acceptors (Lipinski definition) is 9. The number of H-pyrrole nitrogens is 4. The van der Waals surface area contributed by atoms with Crippen LogP contribution in [0.1, 0.15) is 59.0 Å². The van der Waals surface area contributed by atoms with Gasteiger partial charge >= 0.3 is 0 Å². The van der Waals surface area contributed by atoms with Crippen LogP contribution in [0.2, 0.25) is 0 Å². The minimum Gasteiger partial charge on any atom is -0.496 e. The molecular formula is C27H28N6O5S2. The van der Waals surface area contributed by atoms with E-state index < -0.39 is 28.8 Å². The normalized spacial score (nSPS) is 15.8. The van der Waals surface area contributed by atoms with Gasteiger partial charge in [-0.15, -0.1) is 0 Å². The molecule has 11 nitrogen and oxygen atoms in total. The minimum atomic E-state index is -1.19. The van der Waals surface area contributed by atoms with Crippen molar-refractivity contribution in [2.45, 2.75) is 37.8 Å². The number of likely N-dealkylation sites (tertiary alicyclic amines) is 1. The predicted octanol–water partition coefficient (Wildman–Crippen LogP) is 3.90. The number of ether oxygens (including phenoxy) is 1. The third-order valence-corrected chi connectivity index (χ3v) is 7.60. The van der Waals surface area contributed by atoms with Crippen LogP contribution >= 0.6 is 24.4 Å². The molecule has 208 valence electrons. The van der Waals surface area contributed by atoms with Crippen LogP contribution in [0.15, 0.2) is 52.3 Å². The lowest BCUT2D eigenvalue weighted by Crippen LogP contribution is -2.33. The Morgan fingerprint density at radius 1 is 1.02 bits per heavy atom. The number of nitrogens with one attached hydrogen (secondary N) is 4. The second-order valence-corrected chi connectivity index (χ2v) is 10.4. The predicted molar refractivity (Wildman–Crippen MR) is 153 cm³/mol. The van der Waals surface area contributed by atoms with Gasteiger partial charge in [0, 0.05) is 30.5 Å². The molecule has 5 rings (SSSR count). The molecule has 0 spiro atoms. The molecule has 0 radical (unpaired) electrons. The zero-order chi connectivity index (χ0) is 28.4. The van der Waals surface area contributed by atoms with E-state index in [4.69, 9.17) is 29.2 Å². The average Bonchev–Trinajstić information content (AvgIpc) is 2.92. The van der Waals surface area contributed by atoms with Crippen LogP contribution in [-0.2, 0) is 6.54 Å². The smallest absolute Gasteiger partial charge is 0.259 e. The standard InChI is InChI=1S/C27H28N6O5S2/c1-38-18-8-7-14(11-16(18)13-33-10-3-2-6-17(33)15-5-4-9-28-12-15)19(20-22(34)29-26(39)30-23(20)35)21-24(36)31-27(40)32-25(21)37/h4-5,7-9,11-12,17,19H,2-3,6,10,13H2,1H3,(H3,29,30,34,35,39)(H3,31,32,36,37,40)/t17-/m0/s1. The first-order valence-corrected chi connectivity index (χ1v) is 13.5. The molecule has 1 aliphatic rings.